The summed E-state index contributed by atoms with van der Waals surface area (Å²) in [5.41, 5.74) is 2.32. The Morgan fingerprint density at radius 2 is 2.08 bits per heavy atom. The van der Waals surface area contributed by atoms with Crippen LogP contribution in [0.2, 0.25) is 5.02 Å². The van der Waals surface area contributed by atoms with Crippen LogP contribution in [0.1, 0.15) is 29.8 Å². The maximum atomic E-state index is 12.4. The average Bonchev–Trinajstić information content (AvgIpc) is 3.66. The number of benzene rings is 1. The highest BCUT2D eigenvalue weighted by Gasteiger charge is 2.38. The van der Waals surface area contributed by atoms with Gasteiger partial charge in [0.05, 0.1) is 22.4 Å². The normalized spacial score (nSPS) is 15.4. The molecule has 3 N–H and O–H groups in total. The van der Waals surface area contributed by atoms with Gasteiger partial charge in [-0.15, -0.1) is 0 Å². The van der Waals surface area contributed by atoms with E-state index in [-0.39, 0.29) is 5.78 Å². The molecule has 1 fully saturated rings. The van der Waals surface area contributed by atoms with Crippen molar-refractivity contribution in [3.05, 3.63) is 41.3 Å². The third kappa shape index (κ3) is 6.39. The van der Waals surface area contributed by atoms with Gasteiger partial charge in [0.1, 0.15) is 5.69 Å². The van der Waals surface area contributed by atoms with Gasteiger partial charge in [0.25, 0.3) is 0 Å². The number of carbonyl (C=O) groups is 2. The van der Waals surface area contributed by atoms with Crippen LogP contribution in [0, 0.1) is 5.92 Å². The summed E-state index contributed by atoms with van der Waals surface area (Å²) in [4.78, 5) is 28.1. The van der Waals surface area contributed by atoms with Gasteiger partial charge in [-0.25, -0.2) is 4.79 Å². The van der Waals surface area contributed by atoms with Gasteiger partial charge < -0.3 is 15.3 Å². The second kappa shape index (κ2) is 11.3. The molecule has 5 rings (SSSR count). The highest BCUT2D eigenvalue weighted by Crippen LogP contribution is 2.34. The second-order valence-electron chi connectivity index (χ2n) is 8.49. The van der Waals surface area contributed by atoms with Crippen molar-refractivity contribution in [2.24, 2.45) is 13.0 Å². The number of anilines is 3. The number of carboxylic acids is 1. The Morgan fingerprint density at radius 3 is 2.76 bits per heavy atom. The number of hydrogen-bond acceptors (Lipinski definition) is 9. The van der Waals surface area contributed by atoms with Crippen LogP contribution in [0.15, 0.2) is 30.6 Å². The number of hydrogen-bond donors (Lipinski definition) is 3. The zero-order valence-corrected chi connectivity index (χ0v) is 21.4. The summed E-state index contributed by atoms with van der Waals surface area (Å²) in [6, 6.07) is 5.60. The van der Waals surface area contributed by atoms with Gasteiger partial charge in [0.15, 0.2) is 5.78 Å². The number of halogens is 4. The summed E-state index contributed by atoms with van der Waals surface area (Å²) in [5, 5.41) is 23.5. The van der Waals surface area contributed by atoms with Crippen molar-refractivity contribution in [2.45, 2.75) is 25.4 Å². The fourth-order valence-corrected chi connectivity index (χ4v) is 4.81. The molecule has 4 heterocycles. The fourth-order valence-electron chi connectivity index (χ4n) is 3.95. The van der Waals surface area contributed by atoms with E-state index < -0.39 is 12.1 Å². The first-order valence-corrected chi connectivity index (χ1v) is 12.5. The number of nitrogens with one attached hydrogen (secondary N) is 2. The van der Waals surface area contributed by atoms with Crippen LogP contribution in [0.4, 0.5) is 29.9 Å². The number of carbonyl (C=O) groups excluding carboxylic acids is 1. The molecule has 0 unspecified atom stereocenters. The molecule has 0 radical (unpaired) electrons. The molecule has 0 amide bonds. The number of alkyl halides is 3. The number of ketones is 1. The molecule has 38 heavy (non-hydrogen) atoms. The molecule has 0 spiro atoms. The Morgan fingerprint density at radius 1 is 1.32 bits per heavy atom. The van der Waals surface area contributed by atoms with Gasteiger partial charge in [0.2, 0.25) is 11.1 Å². The van der Waals surface area contributed by atoms with Gasteiger partial charge in [-0.3, -0.25) is 14.6 Å². The van der Waals surface area contributed by atoms with Gasteiger partial charge in [-0.05, 0) is 37.0 Å². The molecule has 1 saturated heterocycles. The number of aromatic nitrogens is 6. The highest BCUT2D eigenvalue weighted by molar-refractivity contribution is 7.10. The summed E-state index contributed by atoms with van der Waals surface area (Å²) in [7, 11) is 1.80. The van der Waals surface area contributed by atoms with Crippen molar-refractivity contribution in [2.75, 3.05) is 23.3 Å². The molecule has 0 aliphatic carbocycles. The standard InChI is InChI=1S/C20H21ClN8OS.C2HF3O2/c1-28-16(6-8-23-28)17(30)5-2-12-7-9-29(11-12)19-25-20(31-27-19)24-15-4-3-14-13(18(15)21)10-22-26-14;3-2(4,5)1(6)7/h3-4,6,8,10,12H,2,5,7,9,11H2,1H3,(H,22,26)(H,24,25,27);(H,6,7)/t12-;/m1./s1. The maximum Gasteiger partial charge on any atom is 0.490 e. The Hall–Kier alpha value is -3.72. The maximum absolute atomic E-state index is 12.4. The first-order chi connectivity index (χ1) is 18.0. The van der Waals surface area contributed by atoms with Gasteiger partial charge in [0, 0.05) is 49.7 Å². The van der Waals surface area contributed by atoms with Gasteiger partial charge in [-0.1, -0.05) is 11.6 Å². The van der Waals surface area contributed by atoms with Crippen LogP contribution in [-0.4, -0.2) is 65.5 Å². The van der Waals surface area contributed by atoms with Crippen LogP contribution in [-0.2, 0) is 11.8 Å². The van der Waals surface area contributed by atoms with Crippen LogP contribution in [0.5, 0.6) is 0 Å². The predicted octanol–water partition coefficient (Wildman–Crippen LogP) is 4.67. The first kappa shape index (κ1) is 27.3. The van der Waals surface area contributed by atoms with E-state index in [1.54, 1.807) is 30.2 Å². The van der Waals surface area contributed by atoms with E-state index in [2.05, 4.69) is 34.9 Å². The molecule has 4 aromatic rings. The minimum atomic E-state index is -5.08. The van der Waals surface area contributed by atoms with E-state index in [0.717, 1.165) is 42.5 Å². The van der Waals surface area contributed by atoms with Gasteiger partial charge >= 0.3 is 12.1 Å². The largest absolute Gasteiger partial charge is 0.490 e. The molecule has 1 aliphatic rings. The van der Waals surface area contributed by atoms with E-state index in [9.17, 15) is 18.0 Å². The van der Waals surface area contributed by atoms with E-state index in [1.807, 2.05) is 12.1 Å². The molecule has 0 saturated carbocycles. The van der Waals surface area contributed by atoms with E-state index in [0.29, 0.717) is 34.1 Å². The lowest BCUT2D eigenvalue weighted by molar-refractivity contribution is -0.192. The molecule has 11 nitrogen and oxygen atoms in total. The van der Waals surface area contributed by atoms with Crippen molar-refractivity contribution in [1.82, 2.24) is 29.3 Å². The lowest BCUT2D eigenvalue weighted by Crippen LogP contribution is -2.21. The molecule has 202 valence electrons. The molecule has 1 atom stereocenters. The number of aryl methyl sites for hydroxylation is 1. The van der Waals surface area contributed by atoms with E-state index >= 15 is 0 Å². The molecular formula is C22H22ClF3N8O3S. The Balaban J connectivity index is 0.000000426. The third-order valence-corrected chi connectivity index (χ3v) is 6.94. The minimum Gasteiger partial charge on any atom is -0.475 e. The SMILES string of the molecule is Cn1nccc1C(=O)CC[C@@H]1CCN(c2nsc(Nc3ccc4[nH]ncc4c3Cl)n2)C1.O=C(O)C(F)(F)F. The Bertz CT molecular complexity index is 1440. The number of aromatic amines is 1. The van der Waals surface area contributed by atoms with Crippen molar-refractivity contribution in [3.8, 4) is 0 Å². The average molecular weight is 571 g/mol. The summed E-state index contributed by atoms with van der Waals surface area (Å²) < 4.78 is 37.9. The fraction of sp³-hybridized carbons (Fsp3) is 0.364. The molecular weight excluding hydrogens is 549 g/mol. The number of aliphatic carboxylic acids is 1. The van der Waals surface area contributed by atoms with Crippen LogP contribution in [0.25, 0.3) is 10.9 Å². The summed E-state index contributed by atoms with van der Waals surface area (Å²) >= 11 is 7.79. The number of fused-ring (bicyclic) bond motifs is 1. The van der Waals surface area contributed by atoms with E-state index in [1.165, 1.54) is 11.5 Å². The molecule has 16 heteroatoms. The van der Waals surface area contributed by atoms with Crippen molar-refractivity contribution in [1.29, 1.82) is 0 Å². The Kier molecular flexibility index (Phi) is 8.16. The third-order valence-electron chi connectivity index (χ3n) is 5.91. The van der Waals surface area contributed by atoms with Crippen molar-refractivity contribution >= 4 is 62.6 Å². The van der Waals surface area contributed by atoms with Crippen molar-refractivity contribution in [3.63, 3.8) is 0 Å². The van der Waals surface area contributed by atoms with Crippen molar-refractivity contribution < 1.29 is 27.9 Å². The topological polar surface area (TPSA) is 142 Å². The predicted molar refractivity (Wildman–Crippen MR) is 135 cm³/mol. The zero-order valence-electron chi connectivity index (χ0n) is 19.9. The number of rotatable bonds is 7. The number of Topliss-reactive ketones (excluding diaryl/α,β-unsaturated/α-hetero) is 1. The lowest BCUT2D eigenvalue weighted by atomic mass is 10.00. The smallest absolute Gasteiger partial charge is 0.475 e. The minimum absolute atomic E-state index is 0.142. The zero-order chi connectivity index (χ0) is 27.4. The van der Waals surface area contributed by atoms with Crippen LogP contribution < -0.4 is 10.2 Å². The van der Waals surface area contributed by atoms with Crippen LogP contribution in [0.3, 0.4) is 0 Å². The molecule has 0 bridgehead atoms. The highest BCUT2D eigenvalue weighted by atomic mass is 35.5. The second-order valence-corrected chi connectivity index (χ2v) is 9.62. The van der Waals surface area contributed by atoms with Gasteiger partial charge in [-0.2, -0.15) is 32.7 Å². The quantitative estimate of drug-likeness (QED) is 0.270. The summed E-state index contributed by atoms with van der Waals surface area (Å²) in [6.45, 7) is 1.75. The number of carboxylic acid groups (broad SMARTS) is 1. The molecule has 1 aromatic carbocycles. The Labute approximate surface area is 222 Å². The molecule has 3 aromatic heterocycles. The summed E-state index contributed by atoms with van der Waals surface area (Å²) in [6.07, 6.45) is 0.701. The first-order valence-electron chi connectivity index (χ1n) is 11.3. The number of nitrogens with zero attached hydrogens (tertiary/aromatic N) is 6. The summed E-state index contributed by atoms with van der Waals surface area (Å²) in [5.74, 6) is -1.45. The number of H-pyrrole nitrogens is 1. The van der Waals surface area contributed by atoms with E-state index in [4.69, 9.17) is 21.5 Å². The monoisotopic (exact) mass is 570 g/mol. The lowest BCUT2D eigenvalue weighted by Gasteiger charge is -2.14. The van der Waals surface area contributed by atoms with Crippen LogP contribution >= 0.6 is 23.1 Å². The molecule has 1 aliphatic heterocycles.